The van der Waals surface area contributed by atoms with Gasteiger partial charge in [-0.3, -0.25) is 4.99 Å². The average molecular weight is 211 g/mol. The zero-order valence-electron chi connectivity index (χ0n) is 3.93. The van der Waals surface area contributed by atoms with Gasteiger partial charge in [-0.25, -0.2) is 3.21 Å². The van der Waals surface area contributed by atoms with E-state index in [4.69, 9.17) is 0 Å². The van der Waals surface area contributed by atoms with Gasteiger partial charge >= 0.3 is 0 Å². The highest BCUT2D eigenvalue weighted by Crippen LogP contribution is 1.73. The van der Waals surface area contributed by atoms with Gasteiger partial charge in [-0.1, -0.05) is 0 Å². The fraction of sp³-hybridized carbons (Fsp3) is 0.333. The number of aliphatic imine (C=N–C) groups is 1. The highest BCUT2D eigenvalue weighted by molar-refractivity contribution is 14.1. The number of hydrogen-bond donors (Lipinski definition) is 1. The number of nitrogens with zero attached hydrogens (tertiary/aromatic N) is 2. The summed E-state index contributed by atoms with van der Waals surface area (Å²) in [5, 5.41) is 2.69. The van der Waals surface area contributed by atoms with Crippen molar-refractivity contribution in [3.8, 4) is 0 Å². The lowest BCUT2D eigenvalue weighted by Crippen LogP contribution is -2.05. The summed E-state index contributed by atoms with van der Waals surface area (Å²) in [4.78, 5) is 3.64. The number of rotatable bonds is 2. The maximum absolute atomic E-state index is 3.64. The van der Waals surface area contributed by atoms with E-state index in [2.05, 4.69) is 13.5 Å². The van der Waals surface area contributed by atoms with Gasteiger partial charge in [0, 0.05) is 7.05 Å². The third-order valence-corrected chi connectivity index (χ3v) is 0.605. The topological polar surface area (TPSA) is 36.8 Å². The third-order valence-electron chi connectivity index (χ3n) is 0.327. The fourth-order valence-electron chi connectivity index (χ4n) is 0.136. The van der Waals surface area contributed by atoms with Crippen LogP contribution in [0.3, 0.4) is 0 Å². The molecule has 0 amide bonds. The zero-order chi connectivity index (χ0) is 5.54. The first-order chi connectivity index (χ1) is 3.41. The highest BCUT2D eigenvalue weighted by Gasteiger charge is 1.58. The quantitative estimate of drug-likeness (QED) is 0.405. The Morgan fingerprint density at radius 2 is 2.29 bits per heavy atom. The predicted octanol–water partition coefficient (Wildman–Crippen LogP) is 0.612. The lowest BCUT2D eigenvalue weighted by Gasteiger charge is -1.79. The first-order valence-electron chi connectivity index (χ1n) is 1.71. The smallest absolute Gasteiger partial charge is 0.0997 e. The first-order valence-corrected chi connectivity index (χ1v) is 2.67. The van der Waals surface area contributed by atoms with Crippen LogP contribution in [0, 0.1) is 0 Å². The second-order valence-corrected chi connectivity index (χ2v) is 1.34. The van der Waals surface area contributed by atoms with Crippen LogP contribution < -0.4 is 5.32 Å². The van der Waals surface area contributed by atoms with Crippen molar-refractivity contribution < 1.29 is 0 Å². The van der Waals surface area contributed by atoms with Crippen LogP contribution in [0.2, 0.25) is 0 Å². The molecule has 0 fully saturated rings. The van der Waals surface area contributed by atoms with E-state index in [9.17, 15) is 0 Å². The van der Waals surface area contributed by atoms with E-state index in [1.807, 2.05) is 22.9 Å². The van der Waals surface area contributed by atoms with Gasteiger partial charge in [-0.05, 0) is 0 Å². The highest BCUT2D eigenvalue weighted by atomic mass is 127. The molecule has 0 rings (SSSR count). The molecule has 0 aromatic carbocycles. The molecule has 0 unspecified atom stereocenters. The normalized spacial score (nSPS) is 11.1. The van der Waals surface area contributed by atoms with E-state index < -0.39 is 0 Å². The zero-order valence-corrected chi connectivity index (χ0v) is 6.08. The van der Waals surface area contributed by atoms with Crippen LogP contribution in [0.25, 0.3) is 0 Å². The van der Waals surface area contributed by atoms with Crippen molar-refractivity contribution in [2.45, 2.75) is 0 Å². The molecule has 3 nitrogen and oxygen atoms in total. The standard InChI is InChI=1S/C3H6IN3/c1-5-2-6-3-7-4/h2-3H,1H3,(H,5,6,7). The third kappa shape index (κ3) is 5.87. The minimum absolute atomic E-state index is 1.55. The van der Waals surface area contributed by atoms with Gasteiger partial charge < -0.3 is 5.32 Å². The summed E-state index contributed by atoms with van der Waals surface area (Å²) >= 11 is 1.87. The van der Waals surface area contributed by atoms with Gasteiger partial charge in [0.1, 0.15) is 0 Å². The van der Waals surface area contributed by atoms with Crippen molar-refractivity contribution in [1.29, 1.82) is 0 Å². The van der Waals surface area contributed by atoms with Crippen LogP contribution in [0.4, 0.5) is 0 Å². The molecule has 0 atom stereocenters. The van der Waals surface area contributed by atoms with Crippen molar-refractivity contribution in [2.75, 3.05) is 7.05 Å². The molecular weight excluding hydrogens is 205 g/mol. The fourth-order valence-corrected chi connectivity index (χ4v) is 0.297. The summed E-state index contributed by atoms with van der Waals surface area (Å²) in [6.07, 6.45) is 3.11. The van der Waals surface area contributed by atoms with E-state index in [1.165, 1.54) is 0 Å². The van der Waals surface area contributed by atoms with Crippen molar-refractivity contribution in [1.82, 2.24) is 5.32 Å². The Morgan fingerprint density at radius 3 is 2.71 bits per heavy atom. The van der Waals surface area contributed by atoms with Gasteiger partial charge in [0.05, 0.1) is 35.5 Å². The lowest BCUT2D eigenvalue weighted by atomic mass is 11.1. The molecular formula is C3H6IN3. The average Bonchev–Trinajstić information content (AvgIpc) is 1.69. The van der Waals surface area contributed by atoms with Crippen molar-refractivity contribution in [3.05, 3.63) is 0 Å². The Morgan fingerprint density at radius 1 is 1.57 bits per heavy atom. The number of halogens is 1. The number of hydrogen-bond acceptors (Lipinski definition) is 2. The Hall–Kier alpha value is -0.130. The molecule has 0 bridgehead atoms. The lowest BCUT2D eigenvalue weighted by molar-refractivity contribution is 1.38. The van der Waals surface area contributed by atoms with Crippen LogP contribution >= 0.6 is 22.9 Å². The van der Waals surface area contributed by atoms with Gasteiger partial charge in [-0.15, -0.1) is 0 Å². The van der Waals surface area contributed by atoms with Gasteiger partial charge in [0.25, 0.3) is 0 Å². The molecule has 0 saturated heterocycles. The molecule has 7 heavy (non-hydrogen) atoms. The minimum atomic E-state index is 1.55. The summed E-state index contributed by atoms with van der Waals surface area (Å²) in [5.74, 6) is 0. The molecule has 0 aliphatic heterocycles. The predicted molar refractivity (Wildman–Crippen MR) is 40.1 cm³/mol. The summed E-state index contributed by atoms with van der Waals surface area (Å²) in [6.45, 7) is 0. The molecule has 0 aliphatic rings. The second kappa shape index (κ2) is 5.87. The van der Waals surface area contributed by atoms with Crippen LogP contribution in [-0.4, -0.2) is 19.7 Å². The number of nitrogens with one attached hydrogen (secondary N) is 1. The monoisotopic (exact) mass is 211 g/mol. The van der Waals surface area contributed by atoms with E-state index in [0.717, 1.165) is 0 Å². The molecule has 0 radical (unpaired) electrons. The van der Waals surface area contributed by atoms with Gasteiger partial charge in [-0.2, -0.15) is 0 Å². The Kier molecular flexibility index (Phi) is 5.76. The Labute approximate surface area is 56.4 Å². The minimum Gasteiger partial charge on any atom is -0.337 e. The Bertz CT molecular complexity index is 68.2. The molecule has 0 aliphatic carbocycles. The van der Waals surface area contributed by atoms with E-state index in [1.54, 1.807) is 19.7 Å². The maximum atomic E-state index is 3.64. The van der Waals surface area contributed by atoms with Crippen LogP contribution in [0.1, 0.15) is 0 Å². The van der Waals surface area contributed by atoms with Crippen LogP contribution in [-0.2, 0) is 0 Å². The molecule has 1 N–H and O–H groups in total. The summed E-state index contributed by atoms with van der Waals surface area (Å²) < 4.78 is 3.62. The van der Waals surface area contributed by atoms with Gasteiger partial charge in [0.15, 0.2) is 0 Å². The first kappa shape index (κ1) is 6.87. The second-order valence-electron chi connectivity index (χ2n) is 0.781. The summed E-state index contributed by atoms with van der Waals surface area (Å²) in [7, 11) is 1.69. The molecule has 4 heteroatoms. The molecule has 0 saturated carbocycles. The molecule has 0 spiro atoms. The van der Waals surface area contributed by atoms with E-state index >= 15 is 0 Å². The van der Waals surface area contributed by atoms with Crippen molar-refractivity contribution in [3.63, 3.8) is 0 Å². The van der Waals surface area contributed by atoms with E-state index in [0.29, 0.717) is 0 Å². The molecule has 40 valence electrons. The van der Waals surface area contributed by atoms with Crippen molar-refractivity contribution in [2.24, 2.45) is 8.20 Å². The van der Waals surface area contributed by atoms with E-state index in [-0.39, 0.29) is 0 Å². The van der Waals surface area contributed by atoms with Crippen molar-refractivity contribution >= 4 is 35.5 Å². The van der Waals surface area contributed by atoms with Crippen LogP contribution in [0.15, 0.2) is 8.20 Å². The van der Waals surface area contributed by atoms with Crippen LogP contribution in [0.5, 0.6) is 0 Å². The Balaban J connectivity index is 2.98. The maximum Gasteiger partial charge on any atom is 0.0997 e. The largest absolute Gasteiger partial charge is 0.337 e. The van der Waals surface area contributed by atoms with Gasteiger partial charge in [0.2, 0.25) is 0 Å². The molecule has 0 aromatic rings. The molecule has 0 aromatic heterocycles. The summed E-state index contributed by atoms with van der Waals surface area (Å²) in [5.41, 5.74) is 0. The SMILES string of the molecule is CN=CNC=NI. The summed E-state index contributed by atoms with van der Waals surface area (Å²) in [6, 6.07) is 0. The molecule has 0 heterocycles.